The Bertz CT molecular complexity index is 369. The van der Waals surface area contributed by atoms with Gasteiger partial charge in [-0.15, -0.1) is 0 Å². The normalized spacial score (nSPS) is 10.0. The lowest BCUT2D eigenvalue weighted by Gasteiger charge is -2.15. The number of anilines is 1. The van der Waals surface area contributed by atoms with Gasteiger partial charge in [-0.2, -0.15) is 0 Å². The lowest BCUT2D eigenvalue weighted by Crippen LogP contribution is -2.30. The summed E-state index contributed by atoms with van der Waals surface area (Å²) < 4.78 is 5.40. The van der Waals surface area contributed by atoms with Crippen molar-refractivity contribution in [3.05, 3.63) is 24.3 Å². The van der Waals surface area contributed by atoms with E-state index in [4.69, 9.17) is 15.6 Å². The van der Waals surface area contributed by atoms with Crippen molar-refractivity contribution in [2.24, 2.45) is 0 Å². The maximum absolute atomic E-state index is 11.5. The number of nitrogens with zero attached hydrogens (tertiary/aromatic N) is 1. The molecule has 0 radical (unpaired) electrons. The van der Waals surface area contributed by atoms with Crippen molar-refractivity contribution in [3.63, 3.8) is 0 Å². The summed E-state index contributed by atoms with van der Waals surface area (Å²) in [5.74, 6) is 0.527. The van der Waals surface area contributed by atoms with Crippen LogP contribution >= 0.6 is 0 Å². The van der Waals surface area contributed by atoms with Crippen LogP contribution in [0.25, 0.3) is 0 Å². The predicted molar refractivity (Wildman–Crippen MR) is 65.7 cm³/mol. The summed E-state index contributed by atoms with van der Waals surface area (Å²) in [5.41, 5.74) is 6.25. The number of aliphatic hydroxyl groups is 1. The highest BCUT2D eigenvalue weighted by molar-refractivity contribution is 5.76. The molecule has 0 aliphatic heterocycles. The molecule has 1 amide bonds. The van der Waals surface area contributed by atoms with Crippen molar-refractivity contribution in [3.8, 4) is 5.75 Å². The number of hydrogen-bond donors (Lipinski definition) is 2. The molecule has 0 spiro atoms. The molecule has 0 aliphatic carbocycles. The summed E-state index contributed by atoms with van der Waals surface area (Å²) in [6.07, 6.45) is 0.269. The first-order valence-corrected chi connectivity index (χ1v) is 5.47. The van der Waals surface area contributed by atoms with Crippen LogP contribution in [-0.4, -0.2) is 42.7 Å². The molecule has 1 rings (SSSR count). The molecule has 94 valence electrons. The molecule has 17 heavy (non-hydrogen) atoms. The number of aliphatic hydroxyl groups excluding tert-OH is 1. The van der Waals surface area contributed by atoms with Gasteiger partial charge in [0.25, 0.3) is 0 Å². The van der Waals surface area contributed by atoms with E-state index in [0.717, 1.165) is 0 Å². The highest BCUT2D eigenvalue weighted by Gasteiger charge is 2.08. The lowest BCUT2D eigenvalue weighted by molar-refractivity contribution is -0.130. The van der Waals surface area contributed by atoms with Gasteiger partial charge in [0.1, 0.15) is 5.75 Å². The highest BCUT2D eigenvalue weighted by Crippen LogP contribution is 2.19. The average Bonchev–Trinajstić information content (AvgIpc) is 2.31. The van der Waals surface area contributed by atoms with Crippen molar-refractivity contribution in [1.29, 1.82) is 0 Å². The number of likely N-dealkylation sites (N-methyl/N-ethyl adjacent to an activating group) is 1. The second-order valence-corrected chi connectivity index (χ2v) is 3.68. The number of carbonyl (C=O) groups is 1. The largest absolute Gasteiger partial charge is 0.491 e. The zero-order valence-electron chi connectivity index (χ0n) is 9.93. The maximum Gasteiger partial charge on any atom is 0.225 e. The number of nitrogens with two attached hydrogens (primary N) is 1. The monoisotopic (exact) mass is 238 g/mol. The molecular weight excluding hydrogens is 220 g/mol. The molecule has 0 aromatic heterocycles. The summed E-state index contributed by atoms with van der Waals surface area (Å²) in [6.45, 7) is 0.587. The number of nitrogen functional groups attached to an aromatic ring is 1. The third-order valence-electron chi connectivity index (χ3n) is 2.35. The second-order valence-electron chi connectivity index (χ2n) is 3.68. The fourth-order valence-corrected chi connectivity index (χ4v) is 1.33. The van der Waals surface area contributed by atoms with Crippen molar-refractivity contribution in [2.75, 3.05) is 32.5 Å². The van der Waals surface area contributed by atoms with E-state index in [0.29, 0.717) is 18.0 Å². The Morgan fingerprint density at radius 1 is 1.47 bits per heavy atom. The number of ether oxygens (including phenoxy) is 1. The maximum atomic E-state index is 11.5. The fourth-order valence-electron chi connectivity index (χ4n) is 1.33. The summed E-state index contributed by atoms with van der Waals surface area (Å²) in [4.78, 5) is 13.0. The zero-order chi connectivity index (χ0) is 12.7. The Morgan fingerprint density at radius 3 is 2.82 bits per heavy atom. The van der Waals surface area contributed by atoms with Gasteiger partial charge in [0.05, 0.1) is 25.3 Å². The molecule has 1 aromatic carbocycles. The quantitative estimate of drug-likeness (QED) is 0.707. The molecule has 0 bridgehead atoms. The van der Waals surface area contributed by atoms with Gasteiger partial charge in [-0.1, -0.05) is 12.1 Å². The number of rotatable bonds is 6. The second kappa shape index (κ2) is 6.75. The van der Waals surface area contributed by atoms with Crippen molar-refractivity contribution in [1.82, 2.24) is 4.90 Å². The molecule has 0 heterocycles. The molecule has 1 aromatic rings. The highest BCUT2D eigenvalue weighted by atomic mass is 16.5. The van der Waals surface area contributed by atoms with Gasteiger partial charge in [0.2, 0.25) is 5.91 Å². The number of amides is 1. The van der Waals surface area contributed by atoms with Crippen LogP contribution in [0.5, 0.6) is 5.75 Å². The van der Waals surface area contributed by atoms with Crippen LogP contribution in [0.4, 0.5) is 5.69 Å². The summed E-state index contributed by atoms with van der Waals surface area (Å²) in [7, 11) is 1.65. The summed E-state index contributed by atoms with van der Waals surface area (Å²) in [6, 6.07) is 7.15. The van der Waals surface area contributed by atoms with E-state index in [2.05, 4.69) is 0 Å². The Kier molecular flexibility index (Phi) is 5.29. The van der Waals surface area contributed by atoms with Gasteiger partial charge in [0, 0.05) is 13.6 Å². The van der Waals surface area contributed by atoms with Crippen LogP contribution in [0.2, 0.25) is 0 Å². The number of carbonyl (C=O) groups excluding carboxylic acids is 1. The first-order chi connectivity index (χ1) is 8.15. The third-order valence-corrected chi connectivity index (χ3v) is 2.35. The first-order valence-electron chi connectivity index (χ1n) is 5.47. The molecule has 0 fully saturated rings. The Balaban J connectivity index is 2.33. The van der Waals surface area contributed by atoms with Crippen LogP contribution in [-0.2, 0) is 4.79 Å². The first kappa shape index (κ1) is 13.3. The minimum atomic E-state index is -0.0615. The molecule has 0 aliphatic rings. The topological polar surface area (TPSA) is 75.8 Å². The van der Waals surface area contributed by atoms with Crippen LogP contribution in [0.15, 0.2) is 24.3 Å². The molecule has 0 unspecified atom stereocenters. The molecular formula is C12H18N2O3. The summed E-state index contributed by atoms with van der Waals surface area (Å²) in [5, 5.41) is 8.68. The van der Waals surface area contributed by atoms with Crippen LogP contribution in [0.1, 0.15) is 6.42 Å². The molecule has 0 atom stereocenters. The smallest absolute Gasteiger partial charge is 0.225 e. The van der Waals surface area contributed by atoms with Gasteiger partial charge >= 0.3 is 0 Å². The molecule has 0 saturated heterocycles. The number of hydrogen-bond acceptors (Lipinski definition) is 4. The van der Waals surface area contributed by atoms with Crippen LogP contribution in [0.3, 0.4) is 0 Å². The number of benzene rings is 1. The van der Waals surface area contributed by atoms with Crippen molar-refractivity contribution >= 4 is 11.6 Å². The molecule has 0 saturated carbocycles. The lowest BCUT2D eigenvalue weighted by atomic mass is 10.3. The van der Waals surface area contributed by atoms with E-state index < -0.39 is 0 Å². The van der Waals surface area contributed by atoms with Crippen molar-refractivity contribution in [2.45, 2.75) is 6.42 Å². The van der Waals surface area contributed by atoms with E-state index >= 15 is 0 Å². The van der Waals surface area contributed by atoms with Gasteiger partial charge in [-0.3, -0.25) is 4.79 Å². The Labute approximate surface area is 101 Å². The van der Waals surface area contributed by atoms with Crippen LogP contribution in [0, 0.1) is 0 Å². The average molecular weight is 238 g/mol. The van der Waals surface area contributed by atoms with Gasteiger partial charge in [0.15, 0.2) is 0 Å². The van der Waals surface area contributed by atoms with E-state index in [1.54, 1.807) is 19.2 Å². The van der Waals surface area contributed by atoms with Crippen LogP contribution < -0.4 is 10.5 Å². The Morgan fingerprint density at radius 2 is 2.18 bits per heavy atom. The van der Waals surface area contributed by atoms with E-state index in [9.17, 15) is 4.79 Å². The molecule has 5 heteroatoms. The molecule has 3 N–H and O–H groups in total. The summed E-state index contributed by atoms with van der Waals surface area (Å²) >= 11 is 0. The SMILES string of the molecule is CN(CCO)C(=O)CCOc1ccccc1N. The standard InChI is InChI=1S/C12H18N2O3/c1-14(7-8-15)12(16)6-9-17-11-5-3-2-4-10(11)13/h2-5,15H,6-9,13H2,1H3. The third kappa shape index (κ3) is 4.32. The Hall–Kier alpha value is -1.75. The predicted octanol–water partition coefficient (Wildman–Crippen LogP) is 0.488. The molecule has 5 nitrogen and oxygen atoms in total. The van der Waals surface area contributed by atoms with E-state index in [1.807, 2.05) is 12.1 Å². The minimum Gasteiger partial charge on any atom is -0.491 e. The fraction of sp³-hybridized carbons (Fsp3) is 0.417. The number of para-hydroxylation sites is 2. The van der Waals surface area contributed by atoms with Gasteiger partial charge in [-0.05, 0) is 12.1 Å². The van der Waals surface area contributed by atoms with Gasteiger partial charge in [-0.25, -0.2) is 0 Å². The minimum absolute atomic E-state index is 0.0330. The van der Waals surface area contributed by atoms with E-state index in [-0.39, 0.29) is 25.5 Å². The van der Waals surface area contributed by atoms with Crippen molar-refractivity contribution < 1.29 is 14.6 Å². The van der Waals surface area contributed by atoms with E-state index in [1.165, 1.54) is 4.90 Å². The zero-order valence-corrected chi connectivity index (χ0v) is 9.93. The van der Waals surface area contributed by atoms with Gasteiger partial charge < -0.3 is 20.5 Å².